The molecule has 2 N–H and O–H groups in total. The second-order valence-electron chi connectivity index (χ2n) is 3.83. The third-order valence-corrected chi connectivity index (χ3v) is 2.25. The molecule has 1 rings (SSSR count). The zero-order valence-corrected chi connectivity index (χ0v) is 9.01. The van der Waals surface area contributed by atoms with Crippen LogP contribution in [-0.2, 0) is 4.74 Å². The Kier molecular flexibility index (Phi) is 4.73. The fourth-order valence-electron chi connectivity index (χ4n) is 1.39. The number of nitrogens with one attached hydrogen (secondary N) is 2. The van der Waals surface area contributed by atoms with E-state index < -0.39 is 0 Å². The Morgan fingerprint density at radius 3 is 2.79 bits per heavy atom. The number of urea groups is 1. The lowest BCUT2D eigenvalue weighted by molar-refractivity contribution is 0.161. The van der Waals surface area contributed by atoms with Gasteiger partial charge in [0.05, 0.1) is 12.6 Å². The lowest BCUT2D eigenvalue weighted by Gasteiger charge is -2.17. The van der Waals surface area contributed by atoms with Crippen LogP contribution in [0.4, 0.5) is 4.79 Å². The van der Waals surface area contributed by atoms with Gasteiger partial charge in [-0.3, -0.25) is 0 Å². The first-order chi connectivity index (χ1) is 6.76. The molecule has 0 spiro atoms. The number of ether oxygens (including phenoxy) is 1. The number of hydrogen-bond donors (Lipinski definition) is 2. The van der Waals surface area contributed by atoms with Crippen LogP contribution in [0.25, 0.3) is 0 Å². The standard InChI is InChI=1S/C10H20N2O2/c1-3-4-9(7-14-2)12-10(13)11-8-5-6-8/h8-9H,3-7H2,1-2H3,(H2,11,12,13). The average Bonchev–Trinajstić information content (AvgIpc) is 2.89. The summed E-state index contributed by atoms with van der Waals surface area (Å²) in [5, 5.41) is 5.81. The van der Waals surface area contributed by atoms with Gasteiger partial charge in [-0.05, 0) is 19.3 Å². The predicted molar refractivity (Wildman–Crippen MR) is 55.3 cm³/mol. The molecule has 0 aliphatic heterocycles. The van der Waals surface area contributed by atoms with Crippen molar-refractivity contribution < 1.29 is 9.53 Å². The van der Waals surface area contributed by atoms with Crippen molar-refractivity contribution in [1.29, 1.82) is 0 Å². The van der Waals surface area contributed by atoms with Crippen LogP contribution >= 0.6 is 0 Å². The van der Waals surface area contributed by atoms with Crippen molar-refractivity contribution in [2.45, 2.75) is 44.7 Å². The van der Waals surface area contributed by atoms with E-state index in [4.69, 9.17) is 4.74 Å². The van der Waals surface area contributed by atoms with E-state index in [0.29, 0.717) is 12.6 Å². The van der Waals surface area contributed by atoms with Crippen molar-refractivity contribution in [2.75, 3.05) is 13.7 Å². The molecule has 82 valence electrons. The van der Waals surface area contributed by atoms with Gasteiger partial charge in [-0.1, -0.05) is 13.3 Å². The van der Waals surface area contributed by atoms with Gasteiger partial charge in [0, 0.05) is 13.2 Å². The topological polar surface area (TPSA) is 50.4 Å². The van der Waals surface area contributed by atoms with E-state index >= 15 is 0 Å². The van der Waals surface area contributed by atoms with Crippen LogP contribution in [0.5, 0.6) is 0 Å². The van der Waals surface area contributed by atoms with Gasteiger partial charge in [-0.25, -0.2) is 4.79 Å². The first kappa shape index (κ1) is 11.3. The maximum absolute atomic E-state index is 11.4. The molecule has 1 aliphatic carbocycles. The third-order valence-electron chi connectivity index (χ3n) is 2.25. The molecule has 0 bridgehead atoms. The Morgan fingerprint density at radius 2 is 2.29 bits per heavy atom. The Labute approximate surface area is 85.4 Å². The molecule has 0 radical (unpaired) electrons. The van der Waals surface area contributed by atoms with E-state index in [1.807, 2.05) is 0 Å². The van der Waals surface area contributed by atoms with E-state index in [0.717, 1.165) is 25.7 Å². The summed E-state index contributed by atoms with van der Waals surface area (Å²) in [4.78, 5) is 11.4. The van der Waals surface area contributed by atoms with Crippen LogP contribution in [0.1, 0.15) is 32.6 Å². The highest BCUT2D eigenvalue weighted by atomic mass is 16.5. The molecule has 1 atom stereocenters. The highest BCUT2D eigenvalue weighted by molar-refractivity contribution is 5.74. The highest BCUT2D eigenvalue weighted by Crippen LogP contribution is 2.18. The maximum Gasteiger partial charge on any atom is 0.315 e. The van der Waals surface area contributed by atoms with Crippen molar-refractivity contribution in [3.63, 3.8) is 0 Å². The molecule has 14 heavy (non-hydrogen) atoms. The number of hydrogen-bond acceptors (Lipinski definition) is 2. The van der Waals surface area contributed by atoms with Gasteiger partial charge < -0.3 is 15.4 Å². The Bertz CT molecular complexity index is 175. The number of carbonyl (C=O) groups excluding carboxylic acids is 1. The number of carbonyl (C=O) groups is 1. The molecule has 1 fully saturated rings. The summed E-state index contributed by atoms with van der Waals surface area (Å²) in [6, 6.07) is 0.506. The Balaban J connectivity index is 2.17. The van der Waals surface area contributed by atoms with E-state index in [1.165, 1.54) is 0 Å². The van der Waals surface area contributed by atoms with Crippen LogP contribution in [0, 0.1) is 0 Å². The Hall–Kier alpha value is -0.770. The lowest BCUT2D eigenvalue weighted by Crippen LogP contribution is -2.44. The molecule has 4 heteroatoms. The van der Waals surface area contributed by atoms with Crippen molar-refractivity contribution >= 4 is 6.03 Å². The fraction of sp³-hybridized carbons (Fsp3) is 0.900. The normalized spacial score (nSPS) is 17.6. The zero-order valence-electron chi connectivity index (χ0n) is 9.01. The highest BCUT2D eigenvalue weighted by Gasteiger charge is 2.23. The molecule has 2 amide bonds. The molecule has 1 aliphatic rings. The van der Waals surface area contributed by atoms with Crippen LogP contribution in [0.2, 0.25) is 0 Å². The first-order valence-electron chi connectivity index (χ1n) is 5.32. The van der Waals surface area contributed by atoms with Crippen molar-refractivity contribution in [3.8, 4) is 0 Å². The molecule has 1 unspecified atom stereocenters. The summed E-state index contributed by atoms with van der Waals surface area (Å²) in [6.45, 7) is 2.69. The van der Waals surface area contributed by atoms with E-state index in [-0.39, 0.29) is 12.1 Å². The predicted octanol–water partition coefficient (Wildman–Crippen LogP) is 1.26. The van der Waals surface area contributed by atoms with Crippen LogP contribution in [0.3, 0.4) is 0 Å². The SMILES string of the molecule is CCCC(COC)NC(=O)NC1CC1. The summed E-state index contributed by atoms with van der Waals surface area (Å²) in [5.74, 6) is 0. The van der Waals surface area contributed by atoms with Crippen LogP contribution in [0.15, 0.2) is 0 Å². The molecular weight excluding hydrogens is 180 g/mol. The van der Waals surface area contributed by atoms with Crippen LogP contribution in [-0.4, -0.2) is 31.8 Å². The van der Waals surface area contributed by atoms with E-state index in [1.54, 1.807) is 7.11 Å². The molecule has 0 aromatic heterocycles. The minimum Gasteiger partial charge on any atom is -0.383 e. The summed E-state index contributed by atoms with van der Waals surface area (Å²) in [6.07, 6.45) is 4.26. The van der Waals surface area contributed by atoms with Gasteiger partial charge in [0.15, 0.2) is 0 Å². The van der Waals surface area contributed by atoms with Gasteiger partial charge in [-0.15, -0.1) is 0 Å². The monoisotopic (exact) mass is 200 g/mol. The second-order valence-corrected chi connectivity index (χ2v) is 3.83. The fourth-order valence-corrected chi connectivity index (χ4v) is 1.39. The smallest absolute Gasteiger partial charge is 0.315 e. The summed E-state index contributed by atoms with van der Waals surface area (Å²) in [5.41, 5.74) is 0. The van der Waals surface area contributed by atoms with Gasteiger partial charge >= 0.3 is 6.03 Å². The average molecular weight is 200 g/mol. The van der Waals surface area contributed by atoms with Gasteiger partial charge in [0.2, 0.25) is 0 Å². The molecular formula is C10H20N2O2. The number of methoxy groups -OCH3 is 1. The van der Waals surface area contributed by atoms with Gasteiger partial charge in [0.1, 0.15) is 0 Å². The van der Waals surface area contributed by atoms with Crippen molar-refractivity contribution in [1.82, 2.24) is 10.6 Å². The molecule has 0 aromatic rings. The van der Waals surface area contributed by atoms with Crippen molar-refractivity contribution in [3.05, 3.63) is 0 Å². The first-order valence-corrected chi connectivity index (χ1v) is 5.32. The third kappa shape index (κ3) is 4.46. The lowest BCUT2D eigenvalue weighted by atomic mass is 10.2. The van der Waals surface area contributed by atoms with Gasteiger partial charge in [-0.2, -0.15) is 0 Å². The van der Waals surface area contributed by atoms with Crippen molar-refractivity contribution in [2.24, 2.45) is 0 Å². The van der Waals surface area contributed by atoms with Gasteiger partial charge in [0.25, 0.3) is 0 Å². The zero-order chi connectivity index (χ0) is 10.4. The minimum absolute atomic E-state index is 0.0528. The molecule has 0 aromatic carbocycles. The molecule has 0 heterocycles. The minimum atomic E-state index is -0.0528. The molecule has 0 saturated heterocycles. The van der Waals surface area contributed by atoms with E-state index in [9.17, 15) is 4.79 Å². The molecule has 4 nitrogen and oxygen atoms in total. The summed E-state index contributed by atoms with van der Waals surface area (Å²) >= 11 is 0. The largest absolute Gasteiger partial charge is 0.383 e. The van der Waals surface area contributed by atoms with Crippen LogP contribution < -0.4 is 10.6 Å². The number of amides is 2. The number of rotatable bonds is 6. The molecule has 1 saturated carbocycles. The summed E-state index contributed by atoms with van der Waals surface area (Å²) < 4.78 is 5.04. The maximum atomic E-state index is 11.4. The van der Waals surface area contributed by atoms with E-state index in [2.05, 4.69) is 17.6 Å². The quantitative estimate of drug-likeness (QED) is 0.678. The second kappa shape index (κ2) is 5.86. The Morgan fingerprint density at radius 1 is 1.57 bits per heavy atom. The summed E-state index contributed by atoms with van der Waals surface area (Å²) in [7, 11) is 1.66.